The molecule has 2 heterocycles. The quantitative estimate of drug-likeness (QED) is 0.684. The van der Waals surface area contributed by atoms with Crippen LogP contribution in [0.15, 0.2) is 42.9 Å². The highest BCUT2D eigenvalue weighted by Crippen LogP contribution is 2.22. The molecule has 0 unspecified atom stereocenters. The van der Waals surface area contributed by atoms with Crippen LogP contribution in [0, 0.1) is 0 Å². The number of hydrogen-bond donors (Lipinski definition) is 3. The number of hydrogen-bond acceptors (Lipinski definition) is 4. The summed E-state index contributed by atoms with van der Waals surface area (Å²) >= 11 is 0. The van der Waals surface area contributed by atoms with Crippen LogP contribution < -0.4 is 10.6 Å². The van der Waals surface area contributed by atoms with E-state index in [-0.39, 0.29) is 17.5 Å². The lowest BCUT2D eigenvalue weighted by molar-refractivity contribution is -0.114. The van der Waals surface area contributed by atoms with Crippen LogP contribution in [0.25, 0.3) is 11.0 Å². The third-order valence-corrected chi connectivity index (χ3v) is 3.28. The average molecular weight is 309 g/mol. The Morgan fingerprint density at radius 1 is 1.17 bits per heavy atom. The molecule has 0 aliphatic rings. The van der Waals surface area contributed by atoms with Crippen molar-refractivity contribution in [3.8, 4) is 0 Å². The highest BCUT2D eigenvalue weighted by molar-refractivity contribution is 6.07. The van der Waals surface area contributed by atoms with E-state index < -0.39 is 0 Å². The molecular formula is C16H15N5O2. The lowest BCUT2D eigenvalue weighted by Gasteiger charge is -2.05. The number of amides is 2. The lowest BCUT2D eigenvalue weighted by Crippen LogP contribution is -2.24. The molecule has 2 amide bonds. The average Bonchev–Trinajstić information content (AvgIpc) is 2.96. The van der Waals surface area contributed by atoms with Crippen LogP contribution in [-0.4, -0.2) is 26.8 Å². The van der Waals surface area contributed by atoms with Gasteiger partial charge in [0, 0.05) is 19.7 Å². The summed E-state index contributed by atoms with van der Waals surface area (Å²) in [6, 6.07) is 9.60. The van der Waals surface area contributed by atoms with Gasteiger partial charge in [0.2, 0.25) is 5.91 Å². The Hall–Kier alpha value is -3.22. The molecule has 0 saturated carbocycles. The van der Waals surface area contributed by atoms with Gasteiger partial charge in [0.05, 0.1) is 11.2 Å². The normalized spacial score (nSPS) is 10.5. The minimum atomic E-state index is -0.308. The van der Waals surface area contributed by atoms with E-state index in [9.17, 15) is 9.59 Å². The number of nitrogens with zero attached hydrogens (tertiary/aromatic N) is 2. The summed E-state index contributed by atoms with van der Waals surface area (Å²) in [6.07, 6.45) is 2.90. The van der Waals surface area contributed by atoms with Gasteiger partial charge in [0.15, 0.2) is 5.69 Å². The molecule has 0 aliphatic carbocycles. The van der Waals surface area contributed by atoms with Crippen molar-refractivity contribution in [2.75, 3.05) is 5.32 Å². The maximum atomic E-state index is 12.4. The number of fused-ring (bicyclic) bond motifs is 1. The van der Waals surface area contributed by atoms with E-state index in [1.54, 1.807) is 6.20 Å². The molecule has 3 N–H and O–H groups in total. The van der Waals surface area contributed by atoms with Gasteiger partial charge in [-0.25, -0.2) is 9.97 Å². The fraction of sp³-hybridized carbons (Fsp3) is 0.125. The third kappa shape index (κ3) is 3.18. The molecule has 2 aromatic heterocycles. The zero-order valence-corrected chi connectivity index (χ0v) is 12.5. The maximum absolute atomic E-state index is 12.4. The number of carbonyl (C=O) groups excluding carboxylic acids is 2. The Labute approximate surface area is 132 Å². The van der Waals surface area contributed by atoms with Crippen LogP contribution in [0.1, 0.15) is 23.0 Å². The topological polar surface area (TPSA) is 99.8 Å². The number of rotatable bonds is 4. The molecule has 0 atom stereocenters. The van der Waals surface area contributed by atoms with Crippen LogP contribution in [0.3, 0.4) is 0 Å². The maximum Gasteiger partial charge on any atom is 0.272 e. The van der Waals surface area contributed by atoms with Gasteiger partial charge < -0.3 is 15.6 Å². The van der Waals surface area contributed by atoms with E-state index in [1.807, 2.05) is 30.3 Å². The Balaban J connectivity index is 1.83. The highest BCUT2D eigenvalue weighted by atomic mass is 16.2. The number of anilines is 1. The van der Waals surface area contributed by atoms with Crippen molar-refractivity contribution >= 4 is 28.5 Å². The number of carbonyl (C=O) groups is 2. The molecule has 7 nitrogen and oxygen atoms in total. The molecule has 1 aromatic carbocycles. The minimum Gasteiger partial charge on any atom is -0.356 e. The van der Waals surface area contributed by atoms with E-state index in [1.165, 1.54) is 13.3 Å². The Morgan fingerprint density at radius 2 is 1.96 bits per heavy atom. The smallest absolute Gasteiger partial charge is 0.272 e. The van der Waals surface area contributed by atoms with Crippen molar-refractivity contribution in [1.82, 2.24) is 20.3 Å². The Morgan fingerprint density at radius 3 is 2.70 bits per heavy atom. The van der Waals surface area contributed by atoms with E-state index in [0.29, 0.717) is 23.3 Å². The van der Waals surface area contributed by atoms with Crippen molar-refractivity contribution in [2.45, 2.75) is 13.5 Å². The molecule has 0 radical (unpaired) electrons. The van der Waals surface area contributed by atoms with Crippen molar-refractivity contribution in [3.63, 3.8) is 0 Å². The summed E-state index contributed by atoms with van der Waals surface area (Å²) < 4.78 is 0. The third-order valence-electron chi connectivity index (χ3n) is 3.28. The minimum absolute atomic E-state index is 0.209. The standard InChI is InChI=1S/C16H15N5O2/c1-10(22)21-12-8-17-14-13(12)19-9-20-15(14)16(23)18-7-11-5-3-2-4-6-11/h2-6,8-9,17H,7H2,1H3,(H,18,23)(H,21,22). The number of aromatic amines is 1. The molecule has 0 fully saturated rings. The molecule has 0 bridgehead atoms. The summed E-state index contributed by atoms with van der Waals surface area (Å²) in [5.74, 6) is -0.517. The van der Waals surface area contributed by atoms with Crippen LogP contribution in [-0.2, 0) is 11.3 Å². The fourth-order valence-corrected chi connectivity index (χ4v) is 2.26. The molecular weight excluding hydrogens is 294 g/mol. The van der Waals surface area contributed by atoms with Crippen molar-refractivity contribution in [1.29, 1.82) is 0 Å². The summed E-state index contributed by atoms with van der Waals surface area (Å²) in [4.78, 5) is 34.6. The van der Waals surface area contributed by atoms with Gasteiger partial charge in [-0.3, -0.25) is 9.59 Å². The van der Waals surface area contributed by atoms with Gasteiger partial charge in [0.25, 0.3) is 5.91 Å². The monoisotopic (exact) mass is 309 g/mol. The van der Waals surface area contributed by atoms with E-state index >= 15 is 0 Å². The van der Waals surface area contributed by atoms with Crippen LogP contribution in [0.5, 0.6) is 0 Å². The van der Waals surface area contributed by atoms with Gasteiger partial charge in [-0.1, -0.05) is 30.3 Å². The van der Waals surface area contributed by atoms with Gasteiger partial charge in [0.1, 0.15) is 11.8 Å². The molecule has 0 spiro atoms. The summed E-state index contributed by atoms with van der Waals surface area (Å²) in [7, 11) is 0. The number of H-pyrrole nitrogens is 1. The van der Waals surface area contributed by atoms with Gasteiger partial charge in [-0.2, -0.15) is 0 Å². The highest BCUT2D eigenvalue weighted by Gasteiger charge is 2.16. The molecule has 0 aliphatic heterocycles. The van der Waals surface area contributed by atoms with Gasteiger partial charge in [-0.15, -0.1) is 0 Å². The Kier molecular flexibility index (Phi) is 4.01. The van der Waals surface area contributed by atoms with Gasteiger partial charge in [-0.05, 0) is 5.56 Å². The second-order valence-electron chi connectivity index (χ2n) is 5.00. The second kappa shape index (κ2) is 6.27. The molecule has 3 aromatic rings. The van der Waals surface area contributed by atoms with Crippen molar-refractivity contribution in [2.24, 2.45) is 0 Å². The zero-order chi connectivity index (χ0) is 16.2. The first kappa shape index (κ1) is 14.7. The van der Waals surface area contributed by atoms with E-state index in [4.69, 9.17) is 0 Å². The van der Waals surface area contributed by atoms with E-state index in [0.717, 1.165) is 5.56 Å². The van der Waals surface area contributed by atoms with Crippen LogP contribution in [0.2, 0.25) is 0 Å². The first-order valence-electron chi connectivity index (χ1n) is 7.07. The molecule has 23 heavy (non-hydrogen) atoms. The Bertz CT molecular complexity index is 857. The summed E-state index contributed by atoms with van der Waals surface area (Å²) in [6.45, 7) is 1.82. The molecule has 3 rings (SSSR count). The number of benzene rings is 1. The number of aromatic nitrogens is 3. The lowest BCUT2D eigenvalue weighted by atomic mass is 10.2. The fourth-order valence-electron chi connectivity index (χ4n) is 2.26. The largest absolute Gasteiger partial charge is 0.356 e. The van der Waals surface area contributed by atoms with Crippen LogP contribution in [0.4, 0.5) is 5.69 Å². The summed E-state index contributed by atoms with van der Waals surface area (Å²) in [5, 5.41) is 5.48. The predicted molar refractivity (Wildman–Crippen MR) is 85.8 cm³/mol. The first-order valence-corrected chi connectivity index (χ1v) is 7.07. The molecule has 116 valence electrons. The molecule has 0 saturated heterocycles. The molecule has 7 heteroatoms. The summed E-state index contributed by atoms with van der Waals surface area (Å²) in [5.41, 5.74) is 2.74. The first-order chi connectivity index (χ1) is 11.1. The number of nitrogens with one attached hydrogen (secondary N) is 3. The second-order valence-corrected chi connectivity index (χ2v) is 5.00. The predicted octanol–water partition coefficient (Wildman–Crippen LogP) is 1.85. The van der Waals surface area contributed by atoms with Crippen molar-refractivity contribution < 1.29 is 9.59 Å². The van der Waals surface area contributed by atoms with Gasteiger partial charge >= 0.3 is 0 Å². The SMILES string of the molecule is CC(=O)Nc1c[nH]c2c(C(=O)NCc3ccccc3)ncnc12. The van der Waals surface area contributed by atoms with Crippen LogP contribution >= 0.6 is 0 Å². The zero-order valence-electron chi connectivity index (χ0n) is 12.5. The van der Waals surface area contributed by atoms with Crippen molar-refractivity contribution in [3.05, 3.63) is 54.1 Å². The van der Waals surface area contributed by atoms with E-state index in [2.05, 4.69) is 25.6 Å².